The van der Waals surface area contributed by atoms with Gasteiger partial charge in [-0.1, -0.05) is 80.3 Å². The molecule has 1 amide bonds. The summed E-state index contributed by atoms with van der Waals surface area (Å²) >= 11 is 6.56. The highest BCUT2D eigenvalue weighted by atomic mass is 35.5. The number of hydrogen-bond acceptors (Lipinski definition) is 2. The van der Waals surface area contributed by atoms with Crippen molar-refractivity contribution in [2.45, 2.75) is 50.9 Å². The highest BCUT2D eigenvalue weighted by Crippen LogP contribution is 2.43. The third kappa shape index (κ3) is 3.91. The van der Waals surface area contributed by atoms with Gasteiger partial charge in [0.05, 0.1) is 12.0 Å². The SMILES string of the molecule is CCCOc1ccc(NC(=O)C2(c3ccccc3Cl)CCCCC2)c2ccccc12. The highest BCUT2D eigenvalue weighted by Gasteiger charge is 2.42. The Kier molecular flexibility index (Phi) is 6.29. The van der Waals surface area contributed by atoms with Crippen molar-refractivity contribution in [1.29, 1.82) is 0 Å². The van der Waals surface area contributed by atoms with E-state index in [2.05, 4.69) is 12.2 Å². The van der Waals surface area contributed by atoms with Crippen LogP contribution in [0.25, 0.3) is 10.8 Å². The van der Waals surface area contributed by atoms with Crippen molar-refractivity contribution < 1.29 is 9.53 Å². The molecule has 1 aliphatic carbocycles. The molecule has 0 aliphatic heterocycles. The normalized spacial score (nSPS) is 15.7. The van der Waals surface area contributed by atoms with Crippen LogP contribution in [0.3, 0.4) is 0 Å². The minimum absolute atomic E-state index is 0.0303. The summed E-state index contributed by atoms with van der Waals surface area (Å²) in [5, 5.41) is 5.92. The molecule has 4 heteroatoms. The zero-order valence-corrected chi connectivity index (χ0v) is 18.2. The maximum Gasteiger partial charge on any atom is 0.235 e. The molecule has 3 aromatic rings. The number of fused-ring (bicyclic) bond motifs is 1. The number of anilines is 1. The minimum Gasteiger partial charge on any atom is -0.493 e. The molecule has 3 aromatic carbocycles. The molecule has 0 radical (unpaired) electrons. The van der Waals surface area contributed by atoms with Crippen molar-refractivity contribution in [2.75, 3.05) is 11.9 Å². The standard InChI is InChI=1S/C26H28ClNO2/c1-2-18-30-24-15-14-23(19-10-4-5-11-20(19)24)28-25(29)26(16-8-3-9-17-26)21-12-6-7-13-22(21)27/h4-7,10-15H,2-3,8-9,16-18H2,1H3,(H,28,29). The van der Waals surface area contributed by atoms with E-state index in [1.807, 2.05) is 60.7 Å². The van der Waals surface area contributed by atoms with Crippen molar-refractivity contribution in [3.8, 4) is 5.75 Å². The van der Waals surface area contributed by atoms with Crippen LogP contribution in [0.4, 0.5) is 5.69 Å². The molecule has 0 aromatic heterocycles. The fourth-order valence-corrected chi connectivity index (χ4v) is 4.90. The zero-order valence-electron chi connectivity index (χ0n) is 17.4. The Morgan fingerprint density at radius 2 is 1.67 bits per heavy atom. The van der Waals surface area contributed by atoms with E-state index in [-0.39, 0.29) is 5.91 Å². The first-order chi connectivity index (χ1) is 14.7. The van der Waals surface area contributed by atoms with Gasteiger partial charge in [-0.05, 0) is 43.0 Å². The molecule has 1 aliphatic rings. The molecule has 0 spiro atoms. The third-order valence-electron chi connectivity index (χ3n) is 6.13. The topological polar surface area (TPSA) is 38.3 Å². The quantitative estimate of drug-likeness (QED) is 0.460. The Bertz CT molecular complexity index is 1040. The van der Waals surface area contributed by atoms with Gasteiger partial charge >= 0.3 is 0 Å². The molecule has 0 bridgehead atoms. The van der Waals surface area contributed by atoms with E-state index in [4.69, 9.17) is 16.3 Å². The van der Waals surface area contributed by atoms with Crippen LogP contribution >= 0.6 is 11.6 Å². The van der Waals surface area contributed by atoms with Gasteiger partial charge in [0.25, 0.3) is 0 Å². The van der Waals surface area contributed by atoms with Gasteiger partial charge < -0.3 is 10.1 Å². The van der Waals surface area contributed by atoms with Gasteiger partial charge in [0.15, 0.2) is 0 Å². The molecule has 1 fully saturated rings. The molecule has 4 rings (SSSR count). The second-order valence-corrected chi connectivity index (χ2v) is 8.49. The summed E-state index contributed by atoms with van der Waals surface area (Å²) in [7, 11) is 0. The summed E-state index contributed by atoms with van der Waals surface area (Å²) in [6.07, 6.45) is 5.81. The Hall–Kier alpha value is -2.52. The van der Waals surface area contributed by atoms with E-state index in [0.29, 0.717) is 11.6 Å². The van der Waals surface area contributed by atoms with Gasteiger partial charge in [0, 0.05) is 21.5 Å². The van der Waals surface area contributed by atoms with E-state index < -0.39 is 5.41 Å². The lowest BCUT2D eigenvalue weighted by molar-refractivity contribution is -0.122. The molecule has 1 N–H and O–H groups in total. The van der Waals surface area contributed by atoms with E-state index >= 15 is 0 Å². The first-order valence-electron chi connectivity index (χ1n) is 10.9. The lowest BCUT2D eigenvalue weighted by Crippen LogP contribution is -2.42. The predicted molar refractivity (Wildman–Crippen MR) is 125 cm³/mol. The van der Waals surface area contributed by atoms with E-state index in [9.17, 15) is 4.79 Å². The van der Waals surface area contributed by atoms with Crippen LogP contribution in [0, 0.1) is 0 Å². The van der Waals surface area contributed by atoms with Crippen LogP contribution in [0.2, 0.25) is 5.02 Å². The first kappa shape index (κ1) is 20.7. The summed E-state index contributed by atoms with van der Waals surface area (Å²) in [4.78, 5) is 13.7. The molecule has 156 valence electrons. The summed E-state index contributed by atoms with van der Waals surface area (Å²) < 4.78 is 5.92. The largest absolute Gasteiger partial charge is 0.493 e. The summed E-state index contributed by atoms with van der Waals surface area (Å²) in [5.74, 6) is 0.881. The van der Waals surface area contributed by atoms with Crippen LogP contribution in [-0.2, 0) is 10.2 Å². The molecule has 1 saturated carbocycles. The number of halogens is 1. The maximum absolute atomic E-state index is 13.7. The Labute approximate surface area is 183 Å². The predicted octanol–water partition coefficient (Wildman–Crippen LogP) is 7.12. The van der Waals surface area contributed by atoms with Gasteiger partial charge in [0.2, 0.25) is 5.91 Å². The molecule has 30 heavy (non-hydrogen) atoms. The molecule has 3 nitrogen and oxygen atoms in total. The van der Waals surface area contributed by atoms with Gasteiger partial charge in [-0.15, -0.1) is 0 Å². The average molecular weight is 422 g/mol. The molecule has 0 unspecified atom stereocenters. The lowest BCUT2D eigenvalue weighted by atomic mass is 9.68. The molecular weight excluding hydrogens is 394 g/mol. The lowest BCUT2D eigenvalue weighted by Gasteiger charge is -2.37. The number of carbonyl (C=O) groups excluding carboxylic acids is 1. The number of benzene rings is 3. The van der Waals surface area contributed by atoms with Crippen LogP contribution in [0.5, 0.6) is 5.75 Å². The van der Waals surface area contributed by atoms with Gasteiger partial charge in [-0.2, -0.15) is 0 Å². The Morgan fingerprint density at radius 3 is 2.40 bits per heavy atom. The number of amides is 1. The molecule has 0 saturated heterocycles. The van der Waals surface area contributed by atoms with Crippen LogP contribution < -0.4 is 10.1 Å². The third-order valence-corrected chi connectivity index (χ3v) is 6.45. The molecule has 0 heterocycles. The fourth-order valence-electron chi connectivity index (χ4n) is 4.58. The number of ether oxygens (including phenoxy) is 1. The van der Waals surface area contributed by atoms with Crippen LogP contribution in [-0.4, -0.2) is 12.5 Å². The van der Waals surface area contributed by atoms with Crippen molar-refractivity contribution in [3.05, 3.63) is 71.2 Å². The minimum atomic E-state index is -0.588. The summed E-state index contributed by atoms with van der Waals surface area (Å²) in [6.45, 7) is 2.76. The van der Waals surface area contributed by atoms with E-state index in [1.165, 1.54) is 0 Å². The van der Waals surface area contributed by atoms with Crippen LogP contribution in [0.15, 0.2) is 60.7 Å². The van der Waals surface area contributed by atoms with Crippen molar-refractivity contribution in [2.24, 2.45) is 0 Å². The number of carbonyl (C=O) groups is 1. The number of hydrogen-bond donors (Lipinski definition) is 1. The Balaban J connectivity index is 1.72. The van der Waals surface area contributed by atoms with E-state index in [1.54, 1.807) is 0 Å². The van der Waals surface area contributed by atoms with Gasteiger partial charge in [0.1, 0.15) is 5.75 Å². The van der Waals surface area contributed by atoms with Gasteiger partial charge in [-0.25, -0.2) is 0 Å². The Morgan fingerprint density at radius 1 is 0.967 bits per heavy atom. The zero-order chi connectivity index (χ0) is 21.0. The smallest absolute Gasteiger partial charge is 0.235 e. The second-order valence-electron chi connectivity index (χ2n) is 8.08. The highest BCUT2D eigenvalue weighted by molar-refractivity contribution is 6.32. The maximum atomic E-state index is 13.7. The monoisotopic (exact) mass is 421 g/mol. The molecular formula is C26H28ClNO2. The summed E-state index contributed by atoms with van der Waals surface area (Å²) in [5.41, 5.74) is 1.17. The average Bonchev–Trinajstić information content (AvgIpc) is 2.79. The first-order valence-corrected chi connectivity index (χ1v) is 11.2. The fraction of sp³-hybridized carbons (Fsp3) is 0.346. The molecule has 0 atom stereocenters. The van der Waals surface area contributed by atoms with Crippen molar-refractivity contribution >= 4 is 34.0 Å². The second kappa shape index (κ2) is 9.09. The van der Waals surface area contributed by atoms with Gasteiger partial charge in [-0.3, -0.25) is 4.79 Å². The van der Waals surface area contributed by atoms with Crippen molar-refractivity contribution in [1.82, 2.24) is 0 Å². The van der Waals surface area contributed by atoms with E-state index in [0.717, 1.165) is 66.3 Å². The number of rotatable bonds is 6. The van der Waals surface area contributed by atoms with Crippen LogP contribution in [0.1, 0.15) is 51.0 Å². The number of nitrogens with one attached hydrogen (secondary N) is 1. The summed E-state index contributed by atoms with van der Waals surface area (Å²) in [6, 6.07) is 19.8. The van der Waals surface area contributed by atoms with Crippen molar-refractivity contribution in [3.63, 3.8) is 0 Å².